The van der Waals surface area contributed by atoms with Gasteiger partial charge in [-0.05, 0) is 24.1 Å². The average Bonchev–Trinajstić information content (AvgIpc) is 2.85. The van der Waals surface area contributed by atoms with E-state index >= 15 is 0 Å². The highest BCUT2D eigenvalue weighted by Crippen LogP contribution is 2.26. The van der Waals surface area contributed by atoms with Crippen molar-refractivity contribution in [1.29, 1.82) is 5.26 Å². The summed E-state index contributed by atoms with van der Waals surface area (Å²) in [6, 6.07) is 8.52. The minimum absolute atomic E-state index is 0.577. The molecule has 0 bridgehead atoms. The van der Waals surface area contributed by atoms with Crippen LogP contribution in [0.2, 0.25) is 0 Å². The van der Waals surface area contributed by atoms with Crippen molar-refractivity contribution in [3.63, 3.8) is 0 Å². The van der Waals surface area contributed by atoms with Crippen molar-refractivity contribution < 1.29 is 0 Å². The van der Waals surface area contributed by atoms with Crippen LogP contribution in [-0.4, -0.2) is 9.38 Å². The van der Waals surface area contributed by atoms with Crippen LogP contribution in [0.25, 0.3) is 15.2 Å². The number of nitriles is 1. The molecule has 3 rings (SSSR count). The molecular weight excluding hydrogens is 218 g/mol. The summed E-state index contributed by atoms with van der Waals surface area (Å²) in [6.45, 7) is 0. The Balaban J connectivity index is 2.14. The van der Waals surface area contributed by atoms with Crippen LogP contribution in [-0.2, 0) is 6.42 Å². The largest absolute Gasteiger partial charge is 0.290 e. The van der Waals surface area contributed by atoms with Gasteiger partial charge in [-0.3, -0.25) is 4.40 Å². The number of hydrogen-bond acceptors (Lipinski definition) is 3. The number of nitrogens with zero attached hydrogens (tertiary/aromatic N) is 3. The molecule has 3 aromatic rings. The van der Waals surface area contributed by atoms with Crippen LogP contribution in [0, 0.1) is 11.3 Å². The fourth-order valence-electron chi connectivity index (χ4n) is 1.84. The molecule has 0 atom stereocenters. The molecule has 3 nitrogen and oxygen atoms in total. The number of aryl methyl sites for hydroxylation is 1. The molecule has 2 heterocycles. The molecule has 4 heteroatoms. The molecule has 2 aromatic heterocycles. The maximum atomic E-state index is 8.56. The molecule has 78 valence electrons. The zero-order valence-corrected chi connectivity index (χ0v) is 9.37. The van der Waals surface area contributed by atoms with Gasteiger partial charge < -0.3 is 0 Å². The quantitative estimate of drug-likeness (QED) is 0.675. The highest BCUT2D eigenvalue weighted by atomic mass is 32.1. The zero-order chi connectivity index (χ0) is 11.0. The lowest BCUT2D eigenvalue weighted by Crippen LogP contribution is -1.83. The van der Waals surface area contributed by atoms with Crippen LogP contribution in [0.15, 0.2) is 30.6 Å². The first-order valence-corrected chi connectivity index (χ1v) is 5.91. The summed E-state index contributed by atoms with van der Waals surface area (Å²) >= 11 is 1.68. The summed E-state index contributed by atoms with van der Waals surface area (Å²) in [5.74, 6) is 0. The summed E-state index contributed by atoms with van der Waals surface area (Å²) in [4.78, 5) is 5.30. The summed E-state index contributed by atoms with van der Waals surface area (Å²) in [5.41, 5.74) is 2.41. The van der Waals surface area contributed by atoms with Gasteiger partial charge in [-0.15, -0.1) is 0 Å². The molecule has 16 heavy (non-hydrogen) atoms. The molecule has 0 N–H and O–H groups in total. The molecule has 0 fully saturated rings. The van der Waals surface area contributed by atoms with Crippen LogP contribution >= 0.6 is 11.3 Å². The van der Waals surface area contributed by atoms with E-state index in [9.17, 15) is 0 Å². The Morgan fingerprint density at radius 2 is 2.38 bits per heavy atom. The van der Waals surface area contributed by atoms with E-state index in [1.54, 1.807) is 11.3 Å². The molecule has 0 aliphatic carbocycles. The van der Waals surface area contributed by atoms with Crippen molar-refractivity contribution in [1.82, 2.24) is 9.38 Å². The summed E-state index contributed by atoms with van der Waals surface area (Å²) < 4.78 is 3.33. The first kappa shape index (κ1) is 9.37. The van der Waals surface area contributed by atoms with Gasteiger partial charge in [0.2, 0.25) is 0 Å². The monoisotopic (exact) mass is 227 g/mol. The van der Waals surface area contributed by atoms with Crippen molar-refractivity contribution in [2.75, 3.05) is 0 Å². The summed E-state index contributed by atoms with van der Waals surface area (Å²) in [5, 5.41) is 8.56. The molecule has 1 aromatic carbocycles. The maximum absolute atomic E-state index is 8.56. The van der Waals surface area contributed by atoms with E-state index in [-0.39, 0.29) is 0 Å². The number of benzene rings is 1. The second-order valence-corrected chi connectivity index (χ2v) is 4.65. The fraction of sp³-hybridized carbons (Fsp3) is 0.167. The van der Waals surface area contributed by atoms with Gasteiger partial charge in [0, 0.05) is 18.8 Å². The van der Waals surface area contributed by atoms with E-state index in [4.69, 9.17) is 5.26 Å². The van der Waals surface area contributed by atoms with Gasteiger partial charge in [0.25, 0.3) is 0 Å². The third-order valence-electron chi connectivity index (χ3n) is 2.62. The Morgan fingerprint density at radius 1 is 1.44 bits per heavy atom. The van der Waals surface area contributed by atoms with Gasteiger partial charge in [0.05, 0.1) is 16.3 Å². The lowest BCUT2D eigenvalue weighted by atomic mass is 10.1. The number of aromatic nitrogens is 2. The van der Waals surface area contributed by atoms with Crippen molar-refractivity contribution in [2.45, 2.75) is 12.8 Å². The van der Waals surface area contributed by atoms with Gasteiger partial charge in [-0.25, -0.2) is 4.98 Å². The minimum Gasteiger partial charge on any atom is -0.290 e. The number of imidazole rings is 1. The Hall–Kier alpha value is -1.86. The molecule has 0 unspecified atom stereocenters. The third kappa shape index (κ3) is 1.37. The fourth-order valence-corrected chi connectivity index (χ4v) is 2.89. The molecule has 0 spiro atoms. The molecule has 0 saturated heterocycles. The van der Waals surface area contributed by atoms with E-state index < -0.39 is 0 Å². The SMILES string of the molecule is N#CCCc1ccc2c(c1)sc1nccn12. The van der Waals surface area contributed by atoms with E-state index in [2.05, 4.69) is 33.7 Å². The Kier molecular flexibility index (Phi) is 2.12. The smallest absolute Gasteiger partial charge is 0.194 e. The van der Waals surface area contributed by atoms with Gasteiger partial charge in [0.15, 0.2) is 4.96 Å². The molecule has 0 amide bonds. The second kappa shape index (κ2) is 3.62. The topological polar surface area (TPSA) is 41.1 Å². The predicted molar refractivity (Wildman–Crippen MR) is 64.5 cm³/mol. The van der Waals surface area contributed by atoms with Crippen LogP contribution in [0.3, 0.4) is 0 Å². The first-order valence-electron chi connectivity index (χ1n) is 5.10. The van der Waals surface area contributed by atoms with E-state index in [1.165, 1.54) is 15.8 Å². The van der Waals surface area contributed by atoms with Crippen LogP contribution in [0.4, 0.5) is 0 Å². The van der Waals surface area contributed by atoms with Crippen molar-refractivity contribution in [2.24, 2.45) is 0 Å². The number of fused-ring (bicyclic) bond motifs is 3. The lowest BCUT2D eigenvalue weighted by molar-refractivity contribution is 1.01. The Morgan fingerprint density at radius 3 is 3.25 bits per heavy atom. The Labute approximate surface area is 96.6 Å². The standard InChI is InChI=1S/C12H9N3S/c13-5-1-2-9-3-4-10-11(8-9)16-12-14-6-7-15(10)12/h3-4,6-8H,1-2H2. The third-order valence-corrected chi connectivity index (χ3v) is 3.65. The van der Waals surface area contributed by atoms with Gasteiger partial charge in [0.1, 0.15) is 0 Å². The highest BCUT2D eigenvalue weighted by molar-refractivity contribution is 7.23. The van der Waals surface area contributed by atoms with Crippen molar-refractivity contribution >= 4 is 26.5 Å². The first-order chi connectivity index (χ1) is 7.88. The van der Waals surface area contributed by atoms with Crippen LogP contribution in [0.5, 0.6) is 0 Å². The zero-order valence-electron chi connectivity index (χ0n) is 8.55. The predicted octanol–water partition coefficient (Wildman–Crippen LogP) is 3.01. The summed E-state index contributed by atoms with van der Waals surface area (Å²) in [6.07, 6.45) is 5.19. The minimum atomic E-state index is 0.577. The van der Waals surface area contributed by atoms with E-state index in [0.717, 1.165) is 11.4 Å². The lowest BCUT2D eigenvalue weighted by Gasteiger charge is -1.97. The molecule has 0 aliphatic heterocycles. The average molecular weight is 227 g/mol. The van der Waals surface area contributed by atoms with E-state index in [0.29, 0.717) is 6.42 Å². The van der Waals surface area contributed by atoms with Crippen molar-refractivity contribution in [3.05, 3.63) is 36.2 Å². The molecule has 0 aliphatic rings. The van der Waals surface area contributed by atoms with Crippen LogP contribution < -0.4 is 0 Å². The normalized spacial score (nSPS) is 10.9. The second-order valence-electron chi connectivity index (χ2n) is 3.64. The van der Waals surface area contributed by atoms with Crippen molar-refractivity contribution in [3.8, 4) is 6.07 Å². The number of hydrogen-bond donors (Lipinski definition) is 0. The van der Waals surface area contributed by atoms with Gasteiger partial charge >= 0.3 is 0 Å². The van der Waals surface area contributed by atoms with Crippen LogP contribution in [0.1, 0.15) is 12.0 Å². The molecule has 0 radical (unpaired) electrons. The number of thiazole rings is 1. The van der Waals surface area contributed by atoms with Gasteiger partial charge in [-0.2, -0.15) is 5.26 Å². The molecular formula is C12H9N3S. The maximum Gasteiger partial charge on any atom is 0.194 e. The number of rotatable bonds is 2. The summed E-state index contributed by atoms with van der Waals surface area (Å²) in [7, 11) is 0. The van der Waals surface area contributed by atoms with Gasteiger partial charge in [-0.1, -0.05) is 17.4 Å². The van der Waals surface area contributed by atoms with E-state index in [1.807, 2.05) is 12.4 Å². The Bertz CT molecular complexity index is 687. The molecule has 0 saturated carbocycles. The highest BCUT2D eigenvalue weighted by Gasteiger charge is 2.05.